The van der Waals surface area contributed by atoms with Crippen LogP contribution in [0.25, 0.3) is 0 Å². The van der Waals surface area contributed by atoms with Gasteiger partial charge in [-0.15, -0.1) is 0 Å². The third-order valence-corrected chi connectivity index (χ3v) is 4.48. The Bertz CT molecular complexity index is 683. The summed E-state index contributed by atoms with van der Waals surface area (Å²) in [7, 11) is 0. The largest absolute Gasteiger partial charge is 0.392 e. The van der Waals surface area contributed by atoms with Crippen LogP contribution in [0.15, 0.2) is 29.2 Å². The van der Waals surface area contributed by atoms with Gasteiger partial charge in [0.1, 0.15) is 5.82 Å². The first-order chi connectivity index (χ1) is 9.93. The molecule has 0 aliphatic heterocycles. The molecular formula is C14H11Cl2F2NOS. The highest BCUT2D eigenvalue weighted by atomic mass is 35.5. The van der Waals surface area contributed by atoms with E-state index in [4.69, 9.17) is 23.2 Å². The van der Waals surface area contributed by atoms with Gasteiger partial charge in [0.15, 0.2) is 5.82 Å². The average molecular weight is 350 g/mol. The van der Waals surface area contributed by atoms with Crippen LogP contribution in [-0.4, -0.2) is 5.11 Å². The van der Waals surface area contributed by atoms with Crippen LogP contribution in [0.2, 0.25) is 10.0 Å². The van der Waals surface area contributed by atoms with E-state index < -0.39 is 11.6 Å². The number of hydrogen-bond acceptors (Lipinski definition) is 3. The first kappa shape index (κ1) is 16.4. The van der Waals surface area contributed by atoms with E-state index in [0.717, 1.165) is 11.9 Å². The predicted molar refractivity (Wildman–Crippen MR) is 83.0 cm³/mol. The molecule has 0 saturated carbocycles. The van der Waals surface area contributed by atoms with E-state index in [1.807, 2.05) is 0 Å². The number of aliphatic hydroxyl groups excluding tert-OH is 1. The molecule has 0 unspecified atom stereocenters. The lowest BCUT2D eigenvalue weighted by atomic mass is 10.2. The van der Waals surface area contributed by atoms with Gasteiger partial charge in [0.25, 0.3) is 0 Å². The van der Waals surface area contributed by atoms with Crippen molar-refractivity contribution in [2.24, 2.45) is 0 Å². The number of aliphatic hydroxyl groups is 1. The van der Waals surface area contributed by atoms with Crippen molar-refractivity contribution in [3.63, 3.8) is 0 Å². The van der Waals surface area contributed by atoms with Crippen molar-refractivity contribution in [3.8, 4) is 0 Å². The second kappa shape index (κ2) is 6.83. The highest BCUT2D eigenvalue weighted by Gasteiger charge is 2.12. The summed E-state index contributed by atoms with van der Waals surface area (Å²) >= 11 is 13.1. The topological polar surface area (TPSA) is 32.3 Å². The predicted octanol–water partition coefficient (Wildman–Crippen LogP) is 5.19. The maximum Gasteiger partial charge on any atom is 0.152 e. The molecule has 2 aromatic carbocycles. The average Bonchev–Trinajstić information content (AvgIpc) is 2.47. The molecule has 0 amide bonds. The number of rotatable bonds is 4. The van der Waals surface area contributed by atoms with Crippen LogP contribution in [0.1, 0.15) is 11.1 Å². The first-order valence-electron chi connectivity index (χ1n) is 5.90. The van der Waals surface area contributed by atoms with E-state index in [2.05, 4.69) is 4.72 Å². The molecule has 0 aliphatic rings. The SMILES string of the molecule is Cc1c(F)ccc(NSc2cc(Cl)cc(CO)c2Cl)c1F. The Balaban J connectivity index is 2.25. The second-order valence-corrected chi connectivity index (χ2v) is 5.94. The van der Waals surface area contributed by atoms with Crippen LogP contribution in [0.5, 0.6) is 0 Å². The summed E-state index contributed by atoms with van der Waals surface area (Å²) in [4.78, 5) is 0.537. The Hall–Kier alpha value is -1.01. The molecule has 21 heavy (non-hydrogen) atoms. The molecule has 0 saturated heterocycles. The Kier molecular flexibility index (Phi) is 5.32. The normalized spacial score (nSPS) is 10.8. The van der Waals surface area contributed by atoms with Gasteiger partial charge < -0.3 is 9.83 Å². The highest BCUT2D eigenvalue weighted by Crippen LogP contribution is 2.34. The zero-order valence-corrected chi connectivity index (χ0v) is 13.2. The number of benzene rings is 2. The molecule has 0 bridgehead atoms. The molecule has 2 aromatic rings. The van der Waals surface area contributed by atoms with E-state index in [0.29, 0.717) is 20.5 Å². The molecule has 2 rings (SSSR count). The van der Waals surface area contributed by atoms with Gasteiger partial charge in [-0.05, 0) is 48.7 Å². The van der Waals surface area contributed by atoms with E-state index in [9.17, 15) is 13.9 Å². The molecule has 112 valence electrons. The smallest absolute Gasteiger partial charge is 0.152 e. The van der Waals surface area contributed by atoms with Crippen LogP contribution in [0.3, 0.4) is 0 Å². The first-order valence-corrected chi connectivity index (χ1v) is 7.47. The van der Waals surface area contributed by atoms with Gasteiger partial charge in [-0.3, -0.25) is 0 Å². The van der Waals surface area contributed by atoms with Crippen molar-refractivity contribution in [1.82, 2.24) is 0 Å². The third-order valence-electron chi connectivity index (χ3n) is 2.84. The van der Waals surface area contributed by atoms with Crippen LogP contribution >= 0.6 is 35.1 Å². The molecular weight excluding hydrogens is 339 g/mol. The van der Waals surface area contributed by atoms with Gasteiger partial charge in [-0.25, -0.2) is 8.78 Å². The number of anilines is 1. The lowest BCUT2D eigenvalue weighted by Gasteiger charge is -2.12. The van der Waals surface area contributed by atoms with Crippen molar-refractivity contribution in [1.29, 1.82) is 0 Å². The van der Waals surface area contributed by atoms with Gasteiger partial charge in [0.05, 0.1) is 17.3 Å². The van der Waals surface area contributed by atoms with Crippen molar-refractivity contribution in [2.75, 3.05) is 4.72 Å². The lowest BCUT2D eigenvalue weighted by Crippen LogP contribution is -1.97. The Morgan fingerprint density at radius 2 is 1.95 bits per heavy atom. The summed E-state index contributed by atoms with van der Waals surface area (Å²) in [5.74, 6) is -1.27. The van der Waals surface area contributed by atoms with Gasteiger partial charge in [0.2, 0.25) is 0 Å². The minimum Gasteiger partial charge on any atom is -0.392 e. The zero-order chi connectivity index (χ0) is 15.6. The molecule has 0 fully saturated rings. The Morgan fingerprint density at radius 3 is 2.62 bits per heavy atom. The summed E-state index contributed by atoms with van der Waals surface area (Å²) in [6.07, 6.45) is 0. The fraction of sp³-hybridized carbons (Fsp3) is 0.143. The molecule has 0 heterocycles. The van der Waals surface area contributed by atoms with E-state index >= 15 is 0 Å². The molecule has 0 aromatic heterocycles. The van der Waals surface area contributed by atoms with Crippen molar-refractivity contribution < 1.29 is 13.9 Å². The number of halogens is 4. The fourth-order valence-electron chi connectivity index (χ4n) is 1.66. The van der Waals surface area contributed by atoms with Crippen molar-refractivity contribution in [3.05, 3.63) is 57.1 Å². The van der Waals surface area contributed by atoms with E-state index in [1.54, 1.807) is 12.1 Å². The minimum absolute atomic E-state index is 0.0613. The summed E-state index contributed by atoms with van der Waals surface area (Å²) in [6.45, 7) is 1.10. The second-order valence-electron chi connectivity index (χ2n) is 4.27. The molecule has 0 radical (unpaired) electrons. The van der Waals surface area contributed by atoms with Gasteiger partial charge in [-0.2, -0.15) is 0 Å². The van der Waals surface area contributed by atoms with Crippen LogP contribution in [0.4, 0.5) is 14.5 Å². The Labute approximate surface area is 135 Å². The molecule has 7 heteroatoms. The zero-order valence-electron chi connectivity index (χ0n) is 10.9. The van der Waals surface area contributed by atoms with Gasteiger partial charge >= 0.3 is 0 Å². The monoisotopic (exact) mass is 349 g/mol. The maximum absolute atomic E-state index is 13.9. The Morgan fingerprint density at radius 1 is 1.24 bits per heavy atom. The summed E-state index contributed by atoms with van der Waals surface area (Å²) < 4.78 is 29.8. The molecule has 0 aliphatic carbocycles. The van der Waals surface area contributed by atoms with Gasteiger partial charge in [0, 0.05) is 15.5 Å². The number of hydrogen-bond donors (Lipinski definition) is 2. The summed E-state index contributed by atoms with van der Waals surface area (Å²) in [6, 6.07) is 5.63. The lowest BCUT2D eigenvalue weighted by molar-refractivity contribution is 0.281. The van der Waals surface area contributed by atoms with Crippen LogP contribution < -0.4 is 4.72 Å². The van der Waals surface area contributed by atoms with Crippen molar-refractivity contribution in [2.45, 2.75) is 18.4 Å². The van der Waals surface area contributed by atoms with E-state index in [1.165, 1.54) is 19.1 Å². The van der Waals surface area contributed by atoms with E-state index in [-0.39, 0.29) is 17.9 Å². The highest BCUT2D eigenvalue weighted by molar-refractivity contribution is 8.00. The molecule has 2 nitrogen and oxygen atoms in total. The standard InChI is InChI=1S/C14H11Cl2F2NOS/c1-7-10(17)2-3-11(14(7)18)19-21-12-5-9(15)4-8(6-20)13(12)16/h2-5,19-20H,6H2,1H3. The third kappa shape index (κ3) is 3.61. The number of nitrogens with one attached hydrogen (secondary N) is 1. The molecule has 0 atom stereocenters. The molecule has 2 N–H and O–H groups in total. The summed E-state index contributed by atoms with van der Waals surface area (Å²) in [5, 5.41) is 9.93. The maximum atomic E-state index is 13.9. The fourth-order valence-corrected chi connectivity index (χ4v) is 3.03. The minimum atomic E-state index is -0.664. The van der Waals surface area contributed by atoms with Crippen LogP contribution in [0, 0.1) is 18.6 Å². The van der Waals surface area contributed by atoms with Gasteiger partial charge in [-0.1, -0.05) is 23.2 Å². The van der Waals surface area contributed by atoms with Crippen LogP contribution in [-0.2, 0) is 6.61 Å². The summed E-state index contributed by atoms with van der Waals surface area (Å²) in [5.41, 5.74) is 0.554. The van der Waals surface area contributed by atoms with Crippen molar-refractivity contribution >= 4 is 40.8 Å². The molecule has 0 spiro atoms. The quantitative estimate of drug-likeness (QED) is 0.744.